The van der Waals surface area contributed by atoms with Gasteiger partial charge in [-0.25, -0.2) is 18.4 Å². The number of esters is 2. The molecule has 3 aromatic rings. The second kappa shape index (κ2) is 7.99. The van der Waals surface area contributed by atoms with Crippen LogP contribution in [0.1, 0.15) is 27.6 Å². The maximum absolute atomic E-state index is 14.2. The minimum Gasteiger partial charge on any atom is -0.465 e. The Kier molecular flexibility index (Phi) is 5.49. The molecule has 0 bridgehead atoms. The number of carbonyl (C=O) groups excluding carboxylic acids is 2. The fourth-order valence-corrected chi connectivity index (χ4v) is 2.66. The van der Waals surface area contributed by atoms with E-state index in [0.717, 1.165) is 12.1 Å². The quantitative estimate of drug-likeness (QED) is 0.662. The Morgan fingerprint density at radius 3 is 2.57 bits per heavy atom. The van der Waals surface area contributed by atoms with Gasteiger partial charge in [-0.15, -0.1) is 0 Å². The number of aromatic nitrogens is 1. The summed E-state index contributed by atoms with van der Waals surface area (Å²) in [5, 5.41) is 3.17. The van der Waals surface area contributed by atoms with E-state index in [1.54, 1.807) is 13.0 Å². The number of rotatable bonds is 5. The van der Waals surface area contributed by atoms with Gasteiger partial charge in [-0.2, -0.15) is 0 Å². The number of fused-ring (bicyclic) bond motifs is 1. The van der Waals surface area contributed by atoms with Crippen LogP contribution in [0, 0.1) is 11.6 Å². The lowest BCUT2D eigenvalue weighted by molar-refractivity contribution is 0.0526. The van der Waals surface area contributed by atoms with Crippen LogP contribution in [0.3, 0.4) is 0 Å². The van der Waals surface area contributed by atoms with Crippen LogP contribution in [0.4, 0.5) is 20.2 Å². The number of hydrogen-bond donors (Lipinski definition) is 1. The van der Waals surface area contributed by atoms with Crippen LogP contribution in [0.15, 0.2) is 42.6 Å². The summed E-state index contributed by atoms with van der Waals surface area (Å²) >= 11 is 0. The van der Waals surface area contributed by atoms with E-state index in [1.165, 1.54) is 31.5 Å². The molecule has 8 heteroatoms. The number of anilines is 2. The summed E-state index contributed by atoms with van der Waals surface area (Å²) in [7, 11) is 1.24. The van der Waals surface area contributed by atoms with Gasteiger partial charge in [0, 0.05) is 17.6 Å². The molecule has 0 unspecified atom stereocenters. The lowest BCUT2D eigenvalue weighted by Gasteiger charge is -2.15. The topological polar surface area (TPSA) is 77.5 Å². The molecule has 0 saturated heterocycles. The molecule has 0 amide bonds. The highest BCUT2D eigenvalue weighted by atomic mass is 19.1. The first-order chi connectivity index (χ1) is 13.4. The van der Waals surface area contributed by atoms with Crippen LogP contribution in [-0.4, -0.2) is 30.6 Å². The molecule has 0 radical (unpaired) electrons. The number of halogens is 2. The highest BCUT2D eigenvalue weighted by molar-refractivity contribution is 6.07. The average molecular weight is 386 g/mol. The number of nitrogens with zero attached hydrogens (tertiary/aromatic N) is 1. The second-order valence-corrected chi connectivity index (χ2v) is 5.74. The standard InChI is InChI=1S/C20H16F2N2O4/c1-3-28-20(26)14-10-23-16-6-4-11(19(25)27-2)8-13(16)18(14)24-17-7-5-12(21)9-15(17)22/h4-10H,3H2,1-2H3,(H,23,24). The monoisotopic (exact) mass is 386 g/mol. The lowest BCUT2D eigenvalue weighted by atomic mass is 10.1. The van der Waals surface area contributed by atoms with Gasteiger partial charge in [0.15, 0.2) is 0 Å². The van der Waals surface area contributed by atoms with E-state index in [-0.39, 0.29) is 29.1 Å². The van der Waals surface area contributed by atoms with E-state index in [9.17, 15) is 18.4 Å². The Morgan fingerprint density at radius 2 is 1.89 bits per heavy atom. The smallest absolute Gasteiger partial charge is 0.341 e. The molecule has 0 aliphatic rings. The van der Waals surface area contributed by atoms with Gasteiger partial charge < -0.3 is 14.8 Å². The highest BCUT2D eigenvalue weighted by Gasteiger charge is 2.19. The van der Waals surface area contributed by atoms with E-state index >= 15 is 0 Å². The first kappa shape index (κ1) is 19.2. The molecule has 6 nitrogen and oxygen atoms in total. The maximum atomic E-state index is 14.2. The molecule has 0 saturated carbocycles. The molecule has 3 rings (SSSR count). The molecule has 2 aromatic carbocycles. The molecule has 0 spiro atoms. The van der Waals surface area contributed by atoms with Crippen molar-refractivity contribution < 1.29 is 27.8 Å². The van der Waals surface area contributed by atoms with Crippen molar-refractivity contribution in [2.45, 2.75) is 6.92 Å². The number of hydrogen-bond acceptors (Lipinski definition) is 6. The zero-order valence-corrected chi connectivity index (χ0v) is 15.1. The third-order valence-corrected chi connectivity index (χ3v) is 3.98. The molecule has 0 aliphatic heterocycles. The predicted molar refractivity (Wildman–Crippen MR) is 98.7 cm³/mol. The summed E-state index contributed by atoms with van der Waals surface area (Å²) in [4.78, 5) is 28.5. The van der Waals surface area contributed by atoms with E-state index in [1.807, 2.05) is 0 Å². The summed E-state index contributed by atoms with van der Waals surface area (Å²) in [6.45, 7) is 1.78. The second-order valence-electron chi connectivity index (χ2n) is 5.74. The largest absolute Gasteiger partial charge is 0.465 e. The van der Waals surface area contributed by atoms with Gasteiger partial charge in [0.2, 0.25) is 0 Å². The Balaban J connectivity index is 2.22. The number of nitrogens with one attached hydrogen (secondary N) is 1. The number of methoxy groups -OCH3 is 1. The Hall–Kier alpha value is -3.55. The van der Waals surface area contributed by atoms with E-state index in [0.29, 0.717) is 10.9 Å². The number of benzene rings is 2. The van der Waals surface area contributed by atoms with Crippen molar-refractivity contribution in [2.24, 2.45) is 0 Å². The molecule has 1 aromatic heterocycles. The van der Waals surface area contributed by atoms with Crippen LogP contribution in [-0.2, 0) is 9.47 Å². The summed E-state index contributed by atoms with van der Waals surface area (Å²) in [5.41, 5.74) is 0.842. The fourth-order valence-electron chi connectivity index (χ4n) is 2.66. The van der Waals surface area contributed by atoms with Crippen molar-refractivity contribution in [1.82, 2.24) is 4.98 Å². The number of pyridine rings is 1. The molecule has 144 valence electrons. The molecule has 1 N–H and O–H groups in total. The van der Waals surface area contributed by atoms with Crippen molar-refractivity contribution in [3.05, 3.63) is 65.4 Å². The SMILES string of the molecule is CCOC(=O)c1cnc2ccc(C(=O)OC)cc2c1Nc1ccc(F)cc1F. The van der Waals surface area contributed by atoms with Crippen molar-refractivity contribution in [1.29, 1.82) is 0 Å². The Bertz CT molecular complexity index is 1070. The molecule has 0 fully saturated rings. The first-order valence-corrected chi connectivity index (χ1v) is 8.35. The fraction of sp³-hybridized carbons (Fsp3) is 0.150. The number of carbonyl (C=O) groups is 2. The molecular formula is C20H16F2N2O4. The van der Waals surface area contributed by atoms with Crippen LogP contribution in [0.2, 0.25) is 0 Å². The van der Waals surface area contributed by atoms with Crippen molar-refractivity contribution >= 4 is 34.2 Å². The number of ether oxygens (including phenoxy) is 2. The predicted octanol–water partition coefficient (Wildman–Crippen LogP) is 4.22. The minimum absolute atomic E-state index is 0.0418. The van der Waals surface area contributed by atoms with Crippen LogP contribution in [0.25, 0.3) is 10.9 Å². The average Bonchev–Trinajstić information content (AvgIpc) is 2.69. The summed E-state index contributed by atoms with van der Waals surface area (Å²) in [6, 6.07) is 7.57. The zero-order chi connectivity index (χ0) is 20.3. The summed E-state index contributed by atoms with van der Waals surface area (Å²) in [5.74, 6) is -2.84. The van der Waals surface area contributed by atoms with E-state index < -0.39 is 23.6 Å². The van der Waals surface area contributed by atoms with Gasteiger partial charge in [0.25, 0.3) is 0 Å². The normalized spacial score (nSPS) is 10.6. The van der Waals surface area contributed by atoms with Crippen LogP contribution in [0.5, 0.6) is 0 Å². The Labute approximate surface area is 159 Å². The molecule has 0 aliphatic carbocycles. The third kappa shape index (κ3) is 3.75. The Morgan fingerprint density at radius 1 is 1.11 bits per heavy atom. The summed E-state index contributed by atoms with van der Waals surface area (Å²) < 4.78 is 37.2. The van der Waals surface area contributed by atoms with E-state index in [2.05, 4.69) is 10.3 Å². The van der Waals surface area contributed by atoms with Gasteiger partial charge in [-0.3, -0.25) is 4.98 Å². The third-order valence-electron chi connectivity index (χ3n) is 3.98. The van der Waals surface area contributed by atoms with Crippen LogP contribution >= 0.6 is 0 Å². The van der Waals surface area contributed by atoms with Crippen LogP contribution < -0.4 is 5.32 Å². The zero-order valence-electron chi connectivity index (χ0n) is 15.1. The minimum atomic E-state index is -0.844. The van der Waals surface area contributed by atoms with Crippen molar-refractivity contribution in [2.75, 3.05) is 19.0 Å². The maximum Gasteiger partial charge on any atom is 0.341 e. The van der Waals surface area contributed by atoms with Gasteiger partial charge in [0.05, 0.1) is 36.2 Å². The highest BCUT2D eigenvalue weighted by Crippen LogP contribution is 2.31. The molecule has 1 heterocycles. The lowest BCUT2D eigenvalue weighted by Crippen LogP contribution is -2.10. The van der Waals surface area contributed by atoms with Crippen molar-refractivity contribution in [3.63, 3.8) is 0 Å². The first-order valence-electron chi connectivity index (χ1n) is 8.35. The molecule has 28 heavy (non-hydrogen) atoms. The van der Waals surface area contributed by atoms with Gasteiger partial charge in [-0.1, -0.05) is 0 Å². The molecular weight excluding hydrogens is 370 g/mol. The van der Waals surface area contributed by atoms with E-state index in [4.69, 9.17) is 9.47 Å². The van der Waals surface area contributed by atoms with Gasteiger partial charge in [0.1, 0.15) is 17.2 Å². The molecule has 0 atom stereocenters. The van der Waals surface area contributed by atoms with Gasteiger partial charge >= 0.3 is 11.9 Å². The van der Waals surface area contributed by atoms with Gasteiger partial charge in [-0.05, 0) is 37.3 Å². The van der Waals surface area contributed by atoms with Crippen molar-refractivity contribution in [3.8, 4) is 0 Å². The summed E-state index contributed by atoms with van der Waals surface area (Å²) in [6.07, 6.45) is 1.29.